The van der Waals surface area contributed by atoms with Crippen LogP contribution in [0.2, 0.25) is 10.0 Å². The Labute approximate surface area is 183 Å². The third-order valence-electron chi connectivity index (χ3n) is 4.20. The third kappa shape index (κ3) is 5.56. The Hall–Kier alpha value is -2.41. The zero-order valence-corrected chi connectivity index (χ0v) is 18.0. The van der Waals surface area contributed by atoms with Crippen molar-refractivity contribution in [3.05, 3.63) is 69.7 Å². The molecule has 0 bridgehead atoms. The van der Waals surface area contributed by atoms with E-state index in [0.717, 1.165) is 10.6 Å². The van der Waals surface area contributed by atoms with Gasteiger partial charge < -0.3 is 10.2 Å². The first-order valence-electron chi connectivity index (χ1n) is 8.99. The maximum atomic E-state index is 12.7. The highest BCUT2D eigenvalue weighted by Gasteiger charge is 2.19. The van der Waals surface area contributed by atoms with Crippen molar-refractivity contribution >= 4 is 52.0 Å². The number of carbonyl (C=O) groups is 2. The van der Waals surface area contributed by atoms with E-state index in [2.05, 4.69) is 10.3 Å². The van der Waals surface area contributed by atoms with Crippen molar-refractivity contribution in [2.24, 2.45) is 0 Å². The van der Waals surface area contributed by atoms with Crippen LogP contribution in [0.3, 0.4) is 0 Å². The van der Waals surface area contributed by atoms with Gasteiger partial charge in [0.2, 0.25) is 11.8 Å². The molecule has 5 nitrogen and oxygen atoms in total. The second kappa shape index (κ2) is 9.87. The Bertz CT molecular complexity index is 988. The Balaban J connectivity index is 1.62. The summed E-state index contributed by atoms with van der Waals surface area (Å²) in [5.41, 5.74) is 2.04. The highest BCUT2D eigenvalue weighted by molar-refractivity contribution is 7.13. The first kappa shape index (κ1) is 21.3. The number of hydrogen-bond donors (Lipinski definition) is 1. The minimum atomic E-state index is -0.363. The molecule has 2 amide bonds. The number of carbonyl (C=O) groups excluding carboxylic acids is 2. The Morgan fingerprint density at radius 2 is 1.76 bits per heavy atom. The van der Waals surface area contributed by atoms with E-state index in [9.17, 15) is 9.59 Å². The van der Waals surface area contributed by atoms with Crippen molar-refractivity contribution in [2.45, 2.75) is 13.3 Å². The fraction of sp³-hybridized carbons (Fsp3) is 0.190. The average Bonchev–Trinajstić information content (AvgIpc) is 3.18. The summed E-state index contributed by atoms with van der Waals surface area (Å²) < 4.78 is 0. The molecular formula is C21H19Cl2N3O2S. The summed E-state index contributed by atoms with van der Waals surface area (Å²) in [7, 11) is 0. The van der Waals surface area contributed by atoms with Crippen LogP contribution in [0.5, 0.6) is 0 Å². The smallest absolute Gasteiger partial charge is 0.244 e. The van der Waals surface area contributed by atoms with E-state index in [0.29, 0.717) is 28.0 Å². The lowest BCUT2D eigenvalue weighted by molar-refractivity contribution is -0.133. The van der Waals surface area contributed by atoms with Gasteiger partial charge >= 0.3 is 0 Å². The number of thiazole rings is 1. The second-order valence-corrected chi connectivity index (χ2v) is 7.91. The summed E-state index contributed by atoms with van der Waals surface area (Å²) >= 11 is 13.7. The number of para-hydroxylation sites is 1. The first-order valence-corrected chi connectivity index (χ1v) is 10.6. The van der Waals surface area contributed by atoms with Crippen LogP contribution in [0.4, 0.5) is 5.69 Å². The highest BCUT2D eigenvalue weighted by atomic mass is 35.5. The van der Waals surface area contributed by atoms with E-state index in [1.165, 1.54) is 16.2 Å². The van der Waals surface area contributed by atoms with Crippen molar-refractivity contribution < 1.29 is 9.59 Å². The molecule has 3 rings (SSSR count). The molecule has 29 heavy (non-hydrogen) atoms. The number of amides is 2. The number of nitrogens with zero attached hydrogens (tertiary/aromatic N) is 2. The van der Waals surface area contributed by atoms with Crippen LogP contribution in [-0.2, 0) is 16.0 Å². The van der Waals surface area contributed by atoms with Crippen molar-refractivity contribution in [1.82, 2.24) is 9.88 Å². The number of benzene rings is 2. The summed E-state index contributed by atoms with van der Waals surface area (Å²) in [6.07, 6.45) is 0.136. The van der Waals surface area contributed by atoms with Gasteiger partial charge in [-0.15, -0.1) is 11.3 Å². The summed E-state index contributed by atoms with van der Waals surface area (Å²) in [5, 5.41) is 6.10. The van der Waals surface area contributed by atoms with Gasteiger partial charge in [-0.2, -0.15) is 0 Å². The molecule has 0 atom stereocenters. The molecule has 1 heterocycles. The van der Waals surface area contributed by atoms with E-state index < -0.39 is 0 Å². The predicted octanol–water partition coefficient (Wildman–Crippen LogP) is 5.15. The maximum absolute atomic E-state index is 12.7. The lowest BCUT2D eigenvalue weighted by Crippen LogP contribution is -2.38. The quantitative estimate of drug-likeness (QED) is 0.544. The van der Waals surface area contributed by atoms with Gasteiger partial charge in [-0.05, 0) is 19.1 Å². The molecule has 0 spiro atoms. The van der Waals surface area contributed by atoms with E-state index in [-0.39, 0.29) is 24.8 Å². The van der Waals surface area contributed by atoms with Crippen LogP contribution in [0.1, 0.15) is 12.6 Å². The number of rotatable bonds is 7. The molecule has 3 aromatic rings. The molecule has 2 aromatic carbocycles. The summed E-state index contributed by atoms with van der Waals surface area (Å²) in [6.45, 7) is 2.13. The zero-order valence-electron chi connectivity index (χ0n) is 15.7. The van der Waals surface area contributed by atoms with Crippen LogP contribution in [-0.4, -0.2) is 34.8 Å². The SMILES string of the molecule is CCN(CC(=O)Nc1c(Cl)cccc1Cl)C(=O)Cc1csc(-c2ccccc2)n1. The molecule has 150 valence electrons. The molecule has 0 aliphatic heterocycles. The van der Waals surface area contributed by atoms with Crippen molar-refractivity contribution in [3.8, 4) is 10.6 Å². The molecule has 0 unspecified atom stereocenters. The normalized spacial score (nSPS) is 10.6. The predicted molar refractivity (Wildman–Crippen MR) is 119 cm³/mol. The number of anilines is 1. The molecule has 0 radical (unpaired) electrons. The van der Waals surface area contributed by atoms with Gasteiger partial charge in [0.1, 0.15) is 5.01 Å². The number of hydrogen-bond acceptors (Lipinski definition) is 4. The standard InChI is InChI=1S/C21H19Cl2N3O2S/c1-2-26(12-18(27)25-20-16(22)9-6-10-17(20)23)19(28)11-15-13-29-21(24-15)14-7-4-3-5-8-14/h3-10,13H,2,11-12H2,1H3,(H,25,27). The Kier molecular flexibility index (Phi) is 7.25. The van der Waals surface area contributed by atoms with Gasteiger partial charge in [0.15, 0.2) is 0 Å². The Morgan fingerprint density at radius 1 is 1.07 bits per heavy atom. The monoisotopic (exact) mass is 447 g/mol. The minimum Gasteiger partial charge on any atom is -0.333 e. The molecule has 1 aromatic heterocycles. The molecule has 0 saturated heterocycles. The van der Waals surface area contributed by atoms with Crippen LogP contribution in [0.25, 0.3) is 10.6 Å². The van der Waals surface area contributed by atoms with Gasteiger partial charge in [-0.3, -0.25) is 9.59 Å². The van der Waals surface area contributed by atoms with Crippen LogP contribution >= 0.6 is 34.5 Å². The average molecular weight is 448 g/mol. The van der Waals surface area contributed by atoms with E-state index >= 15 is 0 Å². The van der Waals surface area contributed by atoms with Crippen molar-refractivity contribution in [3.63, 3.8) is 0 Å². The number of likely N-dealkylation sites (N-methyl/N-ethyl adjacent to an activating group) is 1. The Morgan fingerprint density at radius 3 is 2.41 bits per heavy atom. The number of nitrogens with one attached hydrogen (secondary N) is 1. The fourth-order valence-electron chi connectivity index (χ4n) is 2.71. The van der Waals surface area contributed by atoms with E-state index in [1.54, 1.807) is 18.2 Å². The van der Waals surface area contributed by atoms with Crippen LogP contribution < -0.4 is 5.32 Å². The van der Waals surface area contributed by atoms with Gasteiger partial charge in [0.05, 0.1) is 34.4 Å². The van der Waals surface area contributed by atoms with Gasteiger partial charge in [-0.1, -0.05) is 59.6 Å². The summed E-state index contributed by atoms with van der Waals surface area (Å²) in [6, 6.07) is 14.8. The third-order valence-corrected chi connectivity index (χ3v) is 5.77. The molecule has 1 N–H and O–H groups in total. The molecular weight excluding hydrogens is 429 g/mol. The largest absolute Gasteiger partial charge is 0.333 e. The minimum absolute atomic E-state index is 0.0907. The van der Waals surface area contributed by atoms with E-state index in [1.807, 2.05) is 42.6 Å². The maximum Gasteiger partial charge on any atom is 0.244 e. The molecule has 0 fully saturated rings. The topological polar surface area (TPSA) is 62.3 Å². The molecule has 0 aliphatic carbocycles. The van der Waals surface area contributed by atoms with Crippen molar-refractivity contribution in [1.29, 1.82) is 0 Å². The highest BCUT2D eigenvalue weighted by Crippen LogP contribution is 2.29. The summed E-state index contributed by atoms with van der Waals surface area (Å²) in [5.74, 6) is -0.531. The second-order valence-electron chi connectivity index (χ2n) is 6.24. The van der Waals surface area contributed by atoms with Crippen LogP contribution in [0.15, 0.2) is 53.9 Å². The van der Waals surface area contributed by atoms with Crippen LogP contribution in [0, 0.1) is 0 Å². The molecule has 0 aliphatic rings. The lowest BCUT2D eigenvalue weighted by atomic mass is 10.2. The number of aromatic nitrogens is 1. The molecule has 8 heteroatoms. The first-order chi connectivity index (χ1) is 14.0. The summed E-state index contributed by atoms with van der Waals surface area (Å²) in [4.78, 5) is 31.1. The van der Waals surface area contributed by atoms with Crippen molar-refractivity contribution in [2.75, 3.05) is 18.4 Å². The fourth-order valence-corrected chi connectivity index (χ4v) is 4.03. The van der Waals surface area contributed by atoms with Gasteiger partial charge in [0.25, 0.3) is 0 Å². The lowest BCUT2D eigenvalue weighted by Gasteiger charge is -2.20. The van der Waals surface area contributed by atoms with Gasteiger partial charge in [-0.25, -0.2) is 4.98 Å². The molecule has 0 saturated carbocycles. The van der Waals surface area contributed by atoms with Gasteiger partial charge in [0, 0.05) is 17.5 Å². The van der Waals surface area contributed by atoms with E-state index in [4.69, 9.17) is 23.2 Å². The zero-order chi connectivity index (χ0) is 20.8. The number of halogens is 2.